The van der Waals surface area contributed by atoms with Crippen molar-refractivity contribution in [3.63, 3.8) is 0 Å². The Balaban J connectivity index is 2.24. The van der Waals surface area contributed by atoms with Crippen molar-refractivity contribution in [3.8, 4) is 0 Å². The first-order chi connectivity index (χ1) is 4.34. The van der Waals surface area contributed by atoms with E-state index in [0.717, 1.165) is 6.54 Å². The van der Waals surface area contributed by atoms with Gasteiger partial charge in [0.15, 0.2) is 0 Å². The third-order valence-corrected chi connectivity index (χ3v) is 1.14. The zero-order valence-electron chi connectivity index (χ0n) is 5.39. The molecule has 0 aromatic carbocycles. The summed E-state index contributed by atoms with van der Waals surface area (Å²) >= 11 is 0. The van der Waals surface area contributed by atoms with Gasteiger partial charge in [0.2, 0.25) is 0 Å². The topological polar surface area (TPSA) is 68.6 Å². The highest BCUT2D eigenvalue weighted by atomic mass is 16.0. The van der Waals surface area contributed by atoms with E-state index in [1.807, 2.05) is 6.92 Å². The van der Waals surface area contributed by atoms with Crippen LogP contribution in [-0.4, -0.2) is 23.4 Å². The van der Waals surface area contributed by atoms with Crippen molar-refractivity contribution >= 4 is 0 Å². The van der Waals surface area contributed by atoms with Crippen LogP contribution in [-0.2, 0) is 0 Å². The molecule has 5 N–H and O–H groups in total. The lowest BCUT2D eigenvalue weighted by Crippen LogP contribution is -2.52. The van der Waals surface area contributed by atoms with Gasteiger partial charge in [0.1, 0.15) is 0 Å². The lowest BCUT2D eigenvalue weighted by atomic mass is 10.8. The number of hydrogen-bond donors (Lipinski definition) is 4. The Hall–Kier alpha value is -0.240. The molecule has 0 spiro atoms. The molecule has 1 heterocycles. The molecule has 0 aromatic heterocycles. The van der Waals surface area contributed by atoms with E-state index in [2.05, 4.69) is 16.5 Å². The Morgan fingerprint density at radius 3 is 3.00 bits per heavy atom. The molecule has 6 nitrogen and oxygen atoms in total. The van der Waals surface area contributed by atoms with Crippen LogP contribution in [0.5, 0.6) is 0 Å². The molecular formula is C3H12N6. The smallest absolute Gasteiger partial charge is 0.0951 e. The highest BCUT2D eigenvalue weighted by molar-refractivity contribution is 4.43. The first kappa shape index (κ1) is 6.87. The first-order valence-corrected chi connectivity index (χ1v) is 2.87. The summed E-state index contributed by atoms with van der Waals surface area (Å²) in [5.41, 5.74) is 8.30. The molecule has 1 aliphatic heterocycles. The van der Waals surface area contributed by atoms with Crippen LogP contribution in [0.15, 0.2) is 0 Å². The molecular weight excluding hydrogens is 120 g/mol. The van der Waals surface area contributed by atoms with Gasteiger partial charge < -0.3 is 0 Å². The molecule has 0 amide bonds. The highest BCUT2D eigenvalue weighted by Crippen LogP contribution is 1.84. The van der Waals surface area contributed by atoms with Crippen LogP contribution in [0.2, 0.25) is 0 Å². The average Bonchev–Trinajstić information content (AvgIpc) is 2.37. The third kappa shape index (κ3) is 1.58. The van der Waals surface area contributed by atoms with Crippen LogP contribution in [0.3, 0.4) is 0 Å². The van der Waals surface area contributed by atoms with Gasteiger partial charge in [0.25, 0.3) is 0 Å². The maximum absolute atomic E-state index is 5.50. The third-order valence-electron chi connectivity index (χ3n) is 1.14. The van der Waals surface area contributed by atoms with Crippen molar-refractivity contribution in [1.82, 2.24) is 26.7 Å². The molecule has 6 heteroatoms. The molecule has 0 unspecified atom stereocenters. The Morgan fingerprint density at radius 2 is 2.56 bits per heavy atom. The van der Waals surface area contributed by atoms with Crippen molar-refractivity contribution < 1.29 is 0 Å². The van der Waals surface area contributed by atoms with Crippen LogP contribution in [0.1, 0.15) is 6.92 Å². The van der Waals surface area contributed by atoms with Gasteiger partial charge in [0.05, 0.1) is 6.67 Å². The molecule has 1 rings (SSSR count). The molecule has 9 heavy (non-hydrogen) atoms. The maximum Gasteiger partial charge on any atom is 0.0951 e. The zero-order valence-corrected chi connectivity index (χ0v) is 5.39. The van der Waals surface area contributed by atoms with E-state index in [0.29, 0.717) is 6.67 Å². The summed E-state index contributed by atoms with van der Waals surface area (Å²) in [6.45, 7) is 3.42. The summed E-state index contributed by atoms with van der Waals surface area (Å²) in [5, 5.41) is 3.28. The minimum Gasteiger partial charge on any atom is -0.254 e. The van der Waals surface area contributed by atoms with E-state index in [1.54, 1.807) is 10.2 Å². The summed E-state index contributed by atoms with van der Waals surface area (Å²) in [6, 6.07) is 0. The summed E-state index contributed by atoms with van der Waals surface area (Å²) in [7, 11) is 0. The van der Waals surface area contributed by atoms with Crippen molar-refractivity contribution in [2.75, 3.05) is 13.2 Å². The Morgan fingerprint density at radius 1 is 1.78 bits per heavy atom. The van der Waals surface area contributed by atoms with Crippen molar-refractivity contribution in [3.05, 3.63) is 0 Å². The molecule has 0 saturated carbocycles. The van der Waals surface area contributed by atoms with E-state index < -0.39 is 0 Å². The predicted molar refractivity (Wildman–Crippen MR) is 32.7 cm³/mol. The van der Waals surface area contributed by atoms with Gasteiger partial charge in [0, 0.05) is 6.54 Å². The molecule has 0 radical (unpaired) electrons. The normalized spacial score (nSPS) is 21.7. The van der Waals surface area contributed by atoms with E-state index in [9.17, 15) is 0 Å². The minimum atomic E-state index is 0.671. The number of rotatable bonds is 2. The minimum absolute atomic E-state index is 0.671. The van der Waals surface area contributed by atoms with Gasteiger partial charge in [-0.3, -0.25) is 5.84 Å². The summed E-state index contributed by atoms with van der Waals surface area (Å²) in [6.07, 6.45) is 0. The summed E-state index contributed by atoms with van der Waals surface area (Å²) in [5.74, 6) is 5.50. The Bertz CT molecular complexity index is 78.4. The number of hydrogen-bond acceptors (Lipinski definition) is 6. The lowest BCUT2D eigenvalue weighted by molar-refractivity contribution is -0.0489. The molecule has 0 bridgehead atoms. The van der Waals surface area contributed by atoms with Gasteiger partial charge in [-0.15, -0.1) is 5.12 Å². The molecule has 1 aliphatic rings. The van der Waals surface area contributed by atoms with Gasteiger partial charge >= 0.3 is 0 Å². The van der Waals surface area contributed by atoms with Crippen LogP contribution < -0.4 is 22.3 Å². The van der Waals surface area contributed by atoms with Crippen molar-refractivity contribution in [2.24, 2.45) is 5.84 Å². The molecule has 0 aromatic rings. The zero-order chi connectivity index (χ0) is 6.69. The second kappa shape index (κ2) is 3.06. The monoisotopic (exact) mass is 132 g/mol. The van der Waals surface area contributed by atoms with Gasteiger partial charge in [-0.05, 0) is 6.92 Å². The molecule has 0 atom stereocenters. The Labute approximate surface area is 53.8 Å². The quantitative estimate of drug-likeness (QED) is 0.254. The maximum atomic E-state index is 5.50. The fourth-order valence-corrected chi connectivity index (χ4v) is 0.584. The van der Waals surface area contributed by atoms with Gasteiger partial charge in [-0.25, -0.2) is 5.43 Å². The van der Waals surface area contributed by atoms with E-state index in [-0.39, 0.29) is 0 Å². The number of nitrogens with zero attached hydrogens (tertiary/aromatic N) is 2. The fraction of sp³-hybridized carbons (Fsp3) is 1.00. The SMILES string of the molecule is CCN(N)N1CNNN1. The van der Waals surface area contributed by atoms with Crippen molar-refractivity contribution in [2.45, 2.75) is 6.92 Å². The predicted octanol–water partition coefficient (Wildman–Crippen LogP) is -2.12. The van der Waals surface area contributed by atoms with E-state index in [1.165, 1.54) is 0 Å². The lowest BCUT2D eigenvalue weighted by Gasteiger charge is -2.22. The standard InChI is InChI=1S/C3H12N6/c1-2-8(4)9-3-5-6-7-9/h5-7H,2-4H2,1H3. The fourth-order valence-electron chi connectivity index (χ4n) is 0.584. The molecule has 54 valence electrons. The van der Waals surface area contributed by atoms with Crippen molar-refractivity contribution in [1.29, 1.82) is 0 Å². The van der Waals surface area contributed by atoms with Gasteiger partial charge in [-0.2, -0.15) is 16.2 Å². The molecule has 1 saturated heterocycles. The molecule has 0 aliphatic carbocycles. The van der Waals surface area contributed by atoms with Crippen LogP contribution in [0, 0.1) is 0 Å². The largest absolute Gasteiger partial charge is 0.254 e. The molecule has 1 fully saturated rings. The van der Waals surface area contributed by atoms with E-state index in [4.69, 9.17) is 5.84 Å². The number of nitrogens with two attached hydrogens (primary N) is 1. The van der Waals surface area contributed by atoms with Gasteiger partial charge in [-0.1, -0.05) is 0 Å². The summed E-state index contributed by atoms with van der Waals surface area (Å²) in [4.78, 5) is 0. The van der Waals surface area contributed by atoms with Crippen LogP contribution in [0.25, 0.3) is 0 Å². The first-order valence-electron chi connectivity index (χ1n) is 2.87. The number of nitrogens with one attached hydrogen (secondary N) is 3. The highest BCUT2D eigenvalue weighted by Gasteiger charge is 2.12. The van der Waals surface area contributed by atoms with Crippen LogP contribution in [0.4, 0.5) is 0 Å². The second-order valence-electron chi connectivity index (χ2n) is 1.73. The average molecular weight is 132 g/mol. The van der Waals surface area contributed by atoms with Crippen LogP contribution >= 0.6 is 0 Å². The Kier molecular flexibility index (Phi) is 2.34. The number of hydrazine groups is 5. The summed E-state index contributed by atoms with van der Waals surface area (Å²) < 4.78 is 0. The second-order valence-corrected chi connectivity index (χ2v) is 1.73. The van der Waals surface area contributed by atoms with E-state index >= 15 is 0 Å².